The van der Waals surface area contributed by atoms with Gasteiger partial charge in [-0.1, -0.05) is 83.9 Å². The Balaban J connectivity index is 0.000000189. The predicted molar refractivity (Wildman–Crippen MR) is 324 cm³/mol. The van der Waals surface area contributed by atoms with Gasteiger partial charge in [-0.25, -0.2) is 28.3 Å². The van der Waals surface area contributed by atoms with Gasteiger partial charge in [-0.3, -0.25) is 29.3 Å². The molecule has 0 atom stereocenters. The smallest absolute Gasteiger partial charge is 0.342 e. The number of halogens is 4. The molecule has 1 N–H and O–H groups in total. The van der Waals surface area contributed by atoms with Crippen LogP contribution in [0.1, 0.15) is 86.6 Å². The van der Waals surface area contributed by atoms with Crippen LogP contribution in [0.3, 0.4) is 0 Å². The number of nitrogens with zero attached hydrogens (tertiary/aromatic N) is 9. The van der Waals surface area contributed by atoms with Gasteiger partial charge in [-0.15, -0.1) is 0 Å². The quantitative estimate of drug-likeness (QED) is 0.0687. The third kappa shape index (κ3) is 18.8. The molecule has 4 aliphatic heterocycles. The number of nitrogens with one attached hydrogen (secondary N) is 1. The Morgan fingerprint density at radius 3 is 1.22 bits per heavy atom. The molecule has 0 aliphatic carbocycles. The fourth-order valence-electron chi connectivity index (χ4n) is 10.4. The first-order valence-electron chi connectivity index (χ1n) is 28.8. The molecule has 4 aliphatic rings. The number of piperazine rings is 4. The molecule has 4 fully saturated rings. The lowest BCUT2D eigenvalue weighted by atomic mass is 10.1. The molecule has 10 rings (SSSR count). The molecule has 0 spiro atoms. The summed E-state index contributed by atoms with van der Waals surface area (Å²) in [6.07, 6.45) is 3.57. The highest BCUT2D eigenvalue weighted by Crippen LogP contribution is 2.25. The van der Waals surface area contributed by atoms with Crippen molar-refractivity contribution >= 4 is 53.1 Å². The third-order valence-corrected chi connectivity index (χ3v) is 15.6. The maximum atomic E-state index is 14.2. The molecule has 0 unspecified atom stereocenters. The molecular weight excluding hydrogens is 1100 g/mol. The van der Waals surface area contributed by atoms with Crippen LogP contribution in [0, 0.1) is 11.6 Å². The molecule has 2 aromatic heterocycles. The van der Waals surface area contributed by atoms with Crippen molar-refractivity contribution in [2.24, 2.45) is 0 Å². The zero-order valence-electron chi connectivity index (χ0n) is 48.2. The molecule has 442 valence electrons. The number of esters is 2. The Hall–Kier alpha value is -6.41. The van der Waals surface area contributed by atoms with Crippen LogP contribution in [0.25, 0.3) is 0 Å². The minimum absolute atomic E-state index is 0.0795. The van der Waals surface area contributed by atoms with Gasteiger partial charge < -0.3 is 24.6 Å². The van der Waals surface area contributed by atoms with Gasteiger partial charge in [0.1, 0.15) is 34.4 Å². The van der Waals surface area contributed by atoms with Gasteiger partial charge in [0.25, 0.3) is 0 Å². The zero-order valence-corrected chi connectivity index (χ0v) is 49.7. The van der Waals surface area contributed by atoms with Crippen molar-refractivity contribution < 1.29 is 32.6 Å². The third-order valence-electron chi connectivity index (χ3n) is 14.9. The van der Waals surface area contributed by atoms with Crippen LogP contribution in [0.15, 0.2) is 122 Å². The summed E-state index contributed by atoms with van der Waals surface area (Å²) in [7, 11) is 0. The highest BCUT2D eigenvalue weighted by atomic mass is 35.5. The SMILES string of the molecule is CC(C)OC(=O)c1cccnc1N1CCN(Cc2ccc(CN3CCN(Cc4c(F)cccc4Cl)CC3)cc2)CC1.CC(C)OC(=O)c1cccnc1N1CCN(Cc2ccc(CN3CCNCC3)cc2)CC1.O=Cc1c(F)cccc1Cl. The first kappa shape index (κ1) is 62.6. The van der Waals surface area contributed by atoms with E-state index in [1.165, 1.54) is 46.5 Å². The monoisotopic (exact) mass is 1170 g/mol. The molecule has 15 nitrogen and oxygen atoms in total. The van der Waals surface area contributed by atoms with Crippen LogP contribution in [0.2, 0.25) is 10.0 Å². The zero-order chi connectivity index (χ0) is 58.7. The van der Waals surface area contributed by atoms with Crippen molar-refractivity contribution in [3.63, 3.8) is 0 Å². The summed E-state index contributed by atoms with van der Waals surface area (Å²) in [5, 5.41) is 4.06. The van der Waals surface area contributed by atoms with Crippen molar-refractivity contribution in [3.8, 4) is 0 Å². The van der Waals surface area contributed by atoms with Crippen molar-refractivity contribution in [3.05, 3.63) is 188 Å². The molecule has 0 saturated carbocycles. The minimum atomic E-state index is -0.581. The number of aromatic nitrogens is 2. The molecule has 0 radical (unpaired) electrons. The number of carbonyl (C=O) groups excluding carboxylic acids is 3. The van der Waals surface area contributed by atoms with Crippen LogP contribution in [0.4, 0.5) is 20.4 Å². The number of aldehydes is 1. The molecular formula is C64H78Cl2F2N10O5. The van der Waals surface area contributed by atoms with E-state index >= 15 is 0 Å². The summed E-state index contributed by atoms with van der Waals surface area (Å²) >= 11 is 11.7. The summed E-state index contributed by atoms with van der Waals surface area (Å²) in [4.78, 5) is 60.7. The van der Waals surface area contributed by atoms with E-state index in [0.717, 1.165) is 137 Å². The standard InChI is InChI=1S/C32H39ClFN5O2.C25H35N5O2.C7H4ClFO/c1-24(2)41-32(40)27-5-4-12-35-31(27)39-19-17-37(18-20-39)22-26-10-8-25(9-11-26)21-36-13-15-38(16-14-36)23-28-29(33)6-3-7-30(28)34;1-20(2)32-25(31)23-4-3-9-27-24(23)30-16-14-29(15-17-30)19-22-7-5-21(6-8-22)18-28-12-10-26-11-13-28;8-6-2-1-3-7(9)5(6)4-10/h3-12,24H,13-23H2,1-2H3;3-9,20,26H,10-19H2,1-2H3;1-4H. The largest absolute Gasteiger partial charge is 0.459 e. The number of ether oxygens (including phenoxy) is 2. The number of benzene rings is 4. The van der Waals surface area contributed by atoms with E-state index < -0.39 is 5.82 Å². The second kappa shape index (κ2) is 31.5. The highest BCUT2D eigenvalue weighted by Gasteiger charge is 2.26. The topological polar surface area (TPSA) is 130 Å². The van der Waals surface area contributed by atoms with Gasteiger partial charge in [0, 0.05) is 160 Å². The van der Waals surface area contributed by atoms with Crippen LogP contribution >= 0.6 is 23.2 Å². The van der Waals surface area contributed by atoms with E-state index in [9.17, 15) is 23.2 Å². The Morgan fingerprint density at radius 2 is 0.855 bits per heavy atom. The predicted octanol–water partition coefficient (Wildman–Crippen LogP) is 9.75. The van der Waals surface area contributed by atoms with Gasteiger partial charge in [-0.2, -0.15) is 0 Å². The first-order chi connectivity index (χ1) is 40.2. The second-order valence-electron chi connectivity index (χ2n) is 21.8. The Labute approximate surface area is 498 Å². The molecule has 6 heterocycles. The van der Waals surface area contributed by atoms with E-state index in [0.29, 0.717) is 40.4 Å². The van der Waals surface area contributed by atoms with Gasteiger partial charge in [0.2, 0.25) is 0 Å². The molecule has 0 bridgehead atoms. The molecule has 0 amide bonds. The molecule has 6 aromatic rings. The molecule has 4 aromatic carbocycles. The molecule has 83 heavy (non-hydrogen) atoms. The average Bonchev–Trinajstić information content (AvgIpc) is 3.61. The summed E-state index contributed by atoms with van der Waals surface area (Å²) in [5.41, 5.74) is 6.93. The van der Waals surface area contributed by atoms with Gasteiger partial charge in [0.05, 0.1) is 22.8 Å². The van der Waals surface area contributed by atoms with Gasteiger partial charge >= 0.3 is 11.9 Å². The summed E-state index contributed by atoms with van der Waals surface area (Å²) in [6, 6.07) is 34.2. The fourth-order valence-corrected chi connectivity index (χ4v) is 10.9. The molecule has 19 heteroatoms. The lowest BCUT2D eigenvalue weighted by Crippen LogP contribution is -2.46. The van der Waals surface area contributed by atoms with Crippen molar-refractivity contribution in [1.29, 1.82) is 0 Å². The van der Waals surface area contributed by atoms with E-state index in [1.807, 2.05) is 27.7 Å². The van der Waals surface area contributed by atoms with Crippen LogP contribution in [-0.2, 0) is 42.2 Å². The lowest BCUT2D eigenvalue weighted by molar-refractivity contribution is 0.0367. The molecule has 4 saturated heterocycles. The number of pyridine rings is 2. The Morgan fingerprint density at radius 1 is 0.494 bits per heavy atom. The number of hydrogen-bond donors (Lipinski definition) is 1. The van der Waals surface area contributed by atoms with Crippen molar-refractivity contribution in [2.75, 3.05) is 115 Å². The number of rotatable bonds is 17. The van der Waals surface area contributed by atoms with E-state index in [2.05, 4.69) is 98.1 Å². The number of hydrogen-bond acceptors (Lipinski definition) is 15. The maximum absolute atomic E-state index is 14.2. The van der Waals surface area contributed by atoms with E-state index in [-0.39, 0.29) is 40.5 Å². The number of carbonyl (C=O) groups is 3. The fraction of sp³-hybridized carbons (Fsp3) is 0.422. The van der Waals surface area contributed by atoms with Crippen molar-refractivity contribution in [2.45, 2.75) is 72.6 Å². The highest BCUT2D eigenvalue weighted by molar-refractivity contribution is 6.33. The summed E-state index contributed by atoms with van der Waals surface area (Å²) in [6.45, 7) is 26.9. The Bertz CT molecular complexity index is 2980. The lowest BCUT2D eigenvalue weighted by Gasteiger charge is -2.36. The van der Waals surface area contributed by atoms with Gasteiger partial charge in [-0.05, 0) is 98.5 Å². The van der Waals surface area contributed by atoms with Crippen LogP contribution in [0.5, 0.6) is 0 Å². The minimum Gasteiger partial charge on any atom is -0.459 e. The normalized spacial score (nSPS) is 16.7. The van der Waals surface area contributed by atoms with E-state index in [1.54, 1.807) is 48.8 Å². The summed E-state index contributed by atoms with van der Waals surface area (Å²) in [5.74, 6) is 0.0101. The second-order valence-corrected chi connectivity index (χ2v) is 22.7. The Kier molecular flexibility index (Phi) is 23.8. The maximum Gasteiger partial charge on any atom is 0.342 e. The van der Waals surface area contributed by atoms with E-state index in [4.69, 9.17) is 32.7 Å². The summed E-state index contributed by atoms with van der Waals surface area (Å²) < 4.78 is 37.5. The van der Waals surface area contributed by atoms with Crippen LogP contribution in [-0.4, -0.2) is 170 Å². The van der Waals surface area contributed by atoms with Gasteiger partial charge in [0.15, 0.2) is 6.29 Å². The number of anilines is 2. The van der Waals surface area contributed by atoms with Crippen molar-refractivity contribution in [1.82, 2.24) is 39.8 Å². The van der Waals surface area contributed by atoms with Crippen LogP contribution < -0.4 is 15.1 Å². The average molecular weight is 1180 g/mol. The first-order valence-corrected chi connectivity index (χ1v) is 29.6.